The Morgan fingerprint density at radius 2 is 1.79 bits per heavy atom. The predicted molar refractivity (Wildman–Crippen MR) is 48.9 cm³/mol. The Bertz CT molecular complexity index is 229. The molecule has 0 heterocycles. The molecule has 0 fully saturated rings. The van der Waals surface area contributed by atoms with Gasteiger partial charge in [-0.05, 0) is 6.08 Å². The van der Waals surface area contributed by atoms with E-state index in [2.05, 4.69) is 27.8 Å². The van der Waals surface area contributed by atoms with Crippen molar-refractivity contribution in [1.82, 2.24) is 21.3 Å². The Labute approximate surface area is 80.9 Å². The summed E-state index contributed by atoms with van der Waals surface area (Å²) < 4.78 is 0. The number of carbonyl (C=O) groups excluding carboxylic acids is 3. The third-order valence-electron chi connectivity index (χ3n) is 1.13. The molecule has 0 aliphatic rings. The molecular formula is C7H12N4O3. The SMILES string of the molecule is C=CC(=O)NCNC(=O)NCNC=O. The maximum atomic E-state index is 10.8. The number of hydrogen-bond donors (Lipinski definition) is 4. The molecule has 7 nitrogen and oxygen atoms in total. The van der Waals surface area contributed by atoms with Crippen LogP contribution in [0, 0.1) is 0 Å². The van der Waals surface area contributed by atoms with Crippen LogP contribution in [0.2, 0.25) is 0 Å². The van der Waals surface area contributed by atoms with Crippen molar-refractivity contribution in [2.75, 3.05) is 13.3 Å². The zero-order valence-corrected chi connectivity index (χ0v) is 7.50. The molecule has 0 spiro atoms. The van der Waals surface area contributed by atoms with Gasteiger partial charge in [0, 0.05) is 0 Å². The van der Waals surface area contributed by atoms with E-state index in [-0.39, 0.29) is 19.2 Å². The van der Waals surface area contributed by atoms with Crippen molar-refractivity contribution < 1.29 is 14.4 Å². The van der Waals surface area contributed by atoms with Gasteiger partial charge in [0.2, 0.25) is 12.3 Å². The molecule has 7 heteroatoms. The molecule has 0 aromatic heterocycles. The molecule has 0 saturated carbocycles. The standard InChI is InChI=1S/C7H12N4O3/c1-2-6(13)9-4-11-7(14)10-3-8-5-12/h2,5H,1,3-4H2,(H,8,12)(H,9,13)(H2,10,11,14). The van der Waals surface area contributed by atoms with Crippen LogP contribution in [0.25, 0.3) is 0 Å². The molecule has 14 heavy (non-hydrogen) atoms. The van der Waals surface area contributed by atoms with Crippen LogP contribution in [-0.2, 0) is 9.59 Å². The van der Waals surface area contributed by atoms with Crippen LogP contribution >= 0.6 is 0 Å². The van der Waals surface area contributed by atoms with Crippen molar-refractivity contribution in [3.63, 3.8) is 0 Å². The average molecular weight is 200 g/mol. The summed E-state index contributed by atoms with van der Waals surface area (Å²) in [4.78, 5) is 31.2. The van der Waals surface area contributed by atoms with Gasteiger partial charge in [-0.25, -0.2) is 4.79 Å². The first-order chi connectivity index (χ1) is 6.70. The number of carbonyl (C=O) groups is 3. The largest absolute Gasteiger partial charge is 0.341 e. The molecule has 0 saturated heterocycles. The van der Waals surface area contributed by atoms with Crippen LogP contribution in [0.15, 0.2) is 12.7 Å². The van der Waals surface area contributed by atoms with Gasteiger partial charge in [0.05, 0.1) is 13.3 Å². The zero-order chi connectivity index (χ0) is 10.8. The number of hydrogen-bond acceptors (Lipinski definition) is 3. The number of urea groups is 1. The average Bonchev–Trinajstić information content (AvgIpc) is 2.18. The van der Waals surface area contributed by atoms with Gasteiger partial charge in [0.1, 0.15) is 0 Å². The van der Waals surface area contributed by atoms with Gasteiger partial charge in [0.25, 0.3) is 0 Å². The van der Waals surface area contributed by atoms with Crippen molar-refractivity contribution in [3.8, 4) is 0 Å². The minimum atomic E-state index is -0.497. The Balaban J connectivity index is 3.39. The number of rotatable bonds is 6. The highest BCUT2D eigenvalue weighted by Gasteiger charge is 1.97. The van der Waals surface area contributed by atoms with E-state index in [1.165, 1.54) is 0 Å². The van der Waals surface area contributed by atoms with Crippen LogP contribution in [0.5, 0.6) is 0 Å². The molecule has 0 radical (unpaired) electrons. The van der Waals surface area contributed by atoms with Gasteiger partial charge in [-0.2, -0.15) is 0 Å². The maximum absolute atomic E-state index is 10.8. The first-order valence-electron chi connectivity index (χ1n) is 3.79. The summed E-state index contributed by atoms with van der Waals surface area (Å²) in [7, 11) is 0. The quantitative estimate of drug-likeness (QED) is 0.177. The van der Waals surface area contributed by atoms with E-state index in [4.69, 9.17) is 0 Å². The lowest BCUT2D eigenvalue weighted by molar-refractivity contribution is -0.116. The van der Waals surface area contributed by atoms with E-state index in [1.54, 1.807) is 0 Å². The van der Waals surface area contributed by atoms with Gasteiger partial charge < -0.3 is 21.3 Å². The Kier molecular flexibility index (Phi) is 6.48. The molecule has 0 aromatic carbocycles. The fourth-order valence-electron chi connectivity index (χ4n) is 0.519. The summed E-state index contributed by atoms with van der Waals surface area (Å²) in [5.41, 5.74) is 0. The second-order valence-corrected chi connectivity index (χ2v) is 2.10. The Morgan fingerprint density at radius 1 is 1.14 bits per heavy atom. The van der Waals surface area contributed by atoms with Crippen LogP contribution in [0.4, 0.5) is 4.79 Å². The normalized spacial score (nSPS) is 8.29. The van der Waals surface area contributed by atoms with Crippen molar-refractivity contribution in [3.05, 3.63) is 12.7 Å². The molecule has 0 bridgehead atoms. The highest BCUT2D eigenvalue weighted by molar-refractivity contribution is 5.87. The molecule has 0 aromatic rings. The lowest BCUT2D eigenvalue weighted by atomic mass is 10.6. The highest BCUT2D eigenvalue weighted by atomic mass is 16.2. The van der Waals surface area contributed by atoms with E-state index in [9.17, 15) is 14.4 Å². The topological polar surface area (TPSA) is 99.3 Å². The molecule has 0 rings (SSSR count). The smallest absolute Gasteiger partial charge is 0.317 e. The Morgan fingerprint density at radius 3 is 2.36 bits per heavy atom. The van der Waals surface area contributed by atoms with Gasteiger partial charge in [-0.15, -0.1) is 0 Å². The molecule has 0 aliphatic heterocycles. The molecule has 78 valence electrons. The second-order valence-electron chi connectivity index (χ2n) is 2.10. The molecule has 0 atom stereocenters. The van der Waals surface area contributed by atoms with Gasteiger partial charge in [0.15, 0.2) is 0 Å². The number of amides is 4. The molecule has 0 unspecified atom stereocenters. The predicted octanol–water partition coefficient (Wildman–Crippen LogP) is -1.75. The van der Waals surface area contributed by atoms with E-state index >= 15 is 0 Å². The minimum Gasteiger partial charge on any atom is -0.341 e. The lowest BCUT2D eigenvalue weighted by Crippen LogP contribution is -2.44. The van der Waals surface area contributed by atoms with Crippen LogP contribution in [0.3, 0.4) is 0 Å². The fourth-order valence-corrected chi connectivity index (χ4v) is 0.519. The van der Waals surface area contributed by atoms with Crippen LogP contribution in [-0.4, -0.2) is 31.7 Å². The van der Waals surface area contributed by atoms with Crippen molar-refractivity contribution in [1.29, 1.82) is 0 Å². The van der Waals surface area contributed by atoms with Gasteiger partial charge >= 0.3 is 6.03 Å². The van der Waals surface area contributed by atoms with E-state index in [1.807, 2.05) is 0 Å². The summed E-state index contributed by atoms with van der Waals surface area (Å²) in [6.45, 7) is 3.26. The monoisotopic (exact) mass is 200 g/mol. The first kappa shape index (κ1) is 11.9. The first-order valence-corrected chi connectivity index (χ1v) is 3.79. The minimum absolute atomic E-state index is 0.00221. The summed E-state index contributed by atoms with van der Waals surface area (Å²) in [5.74, 6) is -0.378. The molecular weight excluding hydrogens is 188 g/mol. The molecule has 4 N–H and O–H groups in total. The molecule has 0 aliphatic carbocycles. The maximum Gasteiger partial charge on any atom is 0.317 e. The van der Waals surface area contributed by atoms with E-state index in [0.29, 0.717) is 6.41 Å². The third kappa shape index (κ3) is 6.65. The number of nitrogens with one attached hydrogen (secondary N) is 4. The van der Waals surface area contributed by atoms with Crippen molar-refractivity contribution in [2.24, 2.45) is 0 Å². The van der Waals surface area contributed by atoms with Crippen molar-refractivity contribution in [2.45, 2.75) is 0 Å². The summed E-state index contributed by atoms with van der Waals surface area (Å²) >= 11 is 0. The molecule has 4 amide bonds. The summed E-state index contributed by atoms with van der Waals surface area (Å²) in [6, 6.07) is -0.497. The zero-order valence-electron chi connectivity index (χ0n) is 7.50. The van der Waals surface area contributed by atoms with Crippen LogP contribution in [0.1, 0.15) is 0 Å². The van der Waals surface area contributed by atoms with E-state index < -0.39 is 6.03 Å². The van der Waals surface area contributed by atoms with E-state index in [0.717, 1.165) is 6.08 Å². The second kappa shape index (κ2) is 7.59. The van der Waals surface area contributed by atoms with Gasteiger partial charge in [-0.1, -0.05) is 6.58 Å². The Hall–Kier alpha value is -2.05. The highest BCUT2D eigenvalue weighted by Crippen LogP contribution is 1.64. The third-order valence-corrected chi connectivity index (χ3v) is 1.13. The fraction of sp³-hybridized carbons (Fsp3) is 0.286. The van der Waals surface area contributed by atoms with Crippen LogP contribution < -0.4 is 21.3 Å². The lowest BCUT2D eigenvalue weighted by Gasteiger charge is -2.06. The summed E-state index contributed by atoms with van der Waals surface area (Å²) in [5, 5.41) is 9.20. The van der Waals surface area contributed by atoms with Gasteiger partial charge in [-0.3, -0.25) is 9.59 Å². The van der Waals surface area contributed by atoms with Crippen molar-refractivity contribution >= 4 is 18.3 Å². The summed E-state index contributed by atoms with van der Waals surface area (Å²) in [6.07, 6.45) is 1.55.